The van der Waals surface area contributed by atoms with Crippen LogP contribution < -0.4 is 13.9 Å². The molecule has 0 amide bonds. The molecule has 1 N–H and O–H groups in total. The Balaban J connectivity index is 1.32. The van der Waals surface area contributed by atoms with Gasteiger partial charge in [-0.3, -0.25) is 13.4 Å². The van der Waals surface area contributed by atoms with E-state index in [2.05, 4.69) is 15.7 Å². The quantitative estimate of drug-likeness (QED) is 0.367. The summed E-state index contributed by atoms with van der Waals surface area (Å²) in [6.07, 6.45) is 7.69. The van der Waals surface area contributed by atoms with Gasteiger partial charge in [-0.1, -0.05) is 30.3 Å². The van der Waals surface area contributed by atoms with E-state index in [0.717, 1.165) is 58.1 Å². The van der Waals surface area contributed by atoms with Crippen LogP contribution in [0.4, 0.5) is 17.2 Å². The lowest BCUT2D eigenvalue weighted by Gasteiger charge is -2.28. The molecule has 0 spiro atoms. The van der Waals surface area contributed by atoms with E-state index in [1.807, 2.05) is 71.4 Å². The number of imidazole rings is 1. The average Bonchev–Trinajstić information content (AvgIpc) is 3.49. The molecule has 5 heterocycles. The van der Waals surface area contributed by atoms with Gasteiger partial charge in [0.2, 0.25) is 0 Å². The fourth-order valence-electron chi connectivity index (χ4n) is 4.99. The molecule has 2 aliphatic rings. The highest BCUT2D eigenvalue weighted by molar-refractivity contribution is 7.94. The molecule has 1 saturated heterocycles. The third-order valence-corrected chi connectivity index (χ3v) is 8.48. The van der Waals surface area contributed by atoms with Gasteiger partial charge in [0.1, 0.15) is 0 Å². The summed E-state index contributed by atoms with van der Waals surface area (Å²) in [5.74, 6) is 0.785. The number of fused-ring (bicyclic) bond motifs is 3. The molecule has 0 radical (unpaired) electrons. The Morgan fingerprint density at radius 3 is 2.67 bits per heavy atom. The molecule has 0 atom stereocenters. The number of nitrogens with zero attached hydrogens (tertiary/aromatic N) is 6. The molecule has 39 heavy (non-hydrogen) atoms. The third kappa shape index (κ3) is 4.16. The molecule has 196 valence electrons. The summed E-state index contributed by atoms with van der Waals surface area (Å²) in [6, 6.07) is 17.6. The van der Waals surface area contributed by atoms with Gasteiger partial charge in [-0.2, -0.15) is 8.42 Å². The first kappa shape index (κ1) is 23.6. The van der Waals surface area contributed by atoms with Crippen molar-refractivity contribution in [3.05, 3.63) is 78.4 Å². The second-order valence-corrected chi connectivity index (χ2v) is 11.2. The molecule has 0 saturated carbocycles. The van der Waals surface area contributed by atoms with Crippen LogP contribution in [-0.2, 0) is 14.9 Å². The fourth-order valence-corrected chi connectivity index (χ4v) is 5.99. The summed E-state index contributed by atoms with van der Waals surface area (Å²) < 4.78 is 36.0. The lowest BCUT2D eigenvalue weighted by Crippen LogP contribution is -2.37. The summed E-state index contributed by atoms with van der Waals surface area (Å²) >= 11 is 0. The van der Waals surface area contributed by atoms with Gasteiger partial charge in [-0.15, -0.1) is 0 Å². The van der Waals surface area contributed by atoms with Crippen LogP contribution >= 0.6 is 0 Å². The first-order valence-corrected chi connectivity index (χ1v) is 14.1. The Labute approximate surface area is 225 Å². The third-order valence-electron chi connectivity index (χ3n) is 7.08. The minimum absolute atomic E-state index is 0.549. The van der Waals surface area contributed by atoms with E-state index in [0.29, 0.717) is 24.6 Å². The molecule has 1 fully saturated rings. The maximum Gasteiger partial charge on any atom is 0.323 e. The number of para-hydroxylation sites is 1. The maximum atomic E-state index is 12.3. The van der Waals surface area contributed by atoms with Crippen LogP contribution in [0.3, 0.4) is 0 Å². The topological polar surface area (TPSA) is 105 Å². The number of nitrogens with one attached hydrogen (secondary N) is 1. The number of rotatable bonds is 4. The standard InChI is InChI=1S/C28H25N7O3S/c1-33-25-16-20(7-11-24(25)32-39(33,36)37)26-17-29-27(34-12-14-38-15-13-34)28-31-22(18-35(26)28)10-9-21-8-6-19-4-2-3-5-23(19)30-21/h2-11,16-18,32H,12-15H2,1H3. The lowest BCUT2D eigenvalue weighted by molar-refractivity contribution is 0.122. The predicted molar refractivity (Wildman–Crippen MR) is 153 cm³/mol. The van der Waals surface area contributed by atoms with Crippen LogP contribution in [-0.4, -0.2) is 61.1 Å². The Kier molecular flexibility index (Phi) is 5.49. The Bertz CT molecular complexity index is 1880. The van der Waals surface area contributed by atoms with Crippen molar-refractivity contribution in [1.82, 2.24) is 19.4 Å². The van der Waals surface area contributed by atoms with E-state index < -0.39 is 10.2 Å². The van der Waals surface area contributed by atoms with Gasteiger partial charge in [0.25, 0.3) is 0 Å². The molecule has 2 aliphatic heterocycles. The van der Waals surface area contributed by atoms with Crippen molar-refractivity contribution >= 4 is 56.1 Å². The van der Waals surface area contributed by atoms with Gasteiger partial charge in [-0.05, 0) is 36.4 Å². The first-order valence-electron chi connectivity index (χ1n) is 12.6. The zero-order valence-corrected chi connectivity index (χ0v) is 22.0. The predicted octanol–water partition coefficient (Wildman–Crippen LogP) is 4.06. The summed E-state index contributed by atoms with van der Waals surface area (Å²) in [7, 11) is -2.04. The molecular formula is C28H25N7O3S. The lowest BCUT2D eigenvalue weighted by atomic mass is 10.1. The highest BCUT2D eigenvalue weighted by atomic mass is 32.2. The second-order valence-electron chi connectivity index (χ2n) is 9.49. The first-order chi connectivity index (χ1) is 19.0. The van der Waals surface area contributed by atoms with Crippen LogP contribution in [0.5, 0.6) is 0 Å². The smallest absolute Gasteiger partial charge is 0.323 e. The zero-order chi connectivity index (χ0) is 26.6. The van der Waals surface area contributed by atoms with Crippen molar-refractivity contribution in [2.75, 3.05) is 47.3 Å². The number of ether oxygens (including phenoxy) is 1. The second kappa shape index (κ2) is 9.07. The molecule has 2 aromatic carbocycles. The molecule has 0 unspecified atom stereocenters. The maximum absolute atomic E-state index is 12.3. The Morgan fingerprint density at radius 2 is 1.79 bits per heavy atom. The Morgan fingerprint density at radius 1 is 0.974 bits per heavy atom. The minimum atomic E-state index is -3.58. The Hall–Kier alpha value is -4.48. The number of benzene rings is 2. The van der Waals surface area contributed by atoms with Crippen LogP contribution in [0.1, 0.15) is 11.4 Å². The molecule has 0 bridgehead atoms. The largest absolute Gasteiger partial charge is 0.378 e. The molecule has 7 rings (SSSR count). The molecule has 10 nitrogen and oxygen atoms in total. The minimum Gasteiger partial charge on any atom is -0.378 e. The van der Waals surface area contributed by atoms with Gasteiger partial charge in [-0.25, -0.2) is 15.0 Å². The van der Waals surface area contributed by atoms with Crippen LogP contribution in [0.15, 0.2) is 67.0 Å². The van der Waals surface area contributed by atoms with Crippen molar-refractivity contribution in [2.24, 2.45) is 0 Å². The van der Waals surface area contributed by atoms with Crippen LogP contribution in [0.25, 0.3) is 40.0 Å². The van der Waals surface area contributed by atoms with Crippen molar-refractivity contribution in [3.8, 4) is 11.3 Å². The summed E-state index contributed by atoms with van der Waals surface area (Å²) in [4.78, 5) is 16.7. The van der Waals surface area contributed by atoms with Crippen molar-refractivity contribution in [3.63, 3.8) is 0 Å². The number of anilines is 3. The van der Waals surface area contributed by atoms with Gasteiger partial charge >= 0.3 is 10.2 Å². The van der Waals surface area contributed by atoms with Crippen LogP contribution in [0.2, 0.25) is 0 Å². The highest BCUT2D eigenvalue weighted by Gasteiger charge is 2.30. The number of morpholine rings is 1. The summed E-state index contributed by atoms with van der Waals surface area (Å²) in [5, 5.41) is 1.09. The summed E-state index contributed by atoms with van der Waals surface area (Å²) in [6.45, 7) is 2.73. The van der Waals surface area contributed by atoms with Gasteiger partial charge in [0.15, 0.2) is 11.5 Å². The number of hydrogen-bond donors (Lipinski definition) is 1. The normalized spacial score (nSPS) is 16.7. The SMILES string of the molecule is CN1c2cc(-c3cnc(N4CCOCC4)c4nc(C=Cc5ccc6ccccc6n5)cn34)ccc2NS1(=O)=O. The van der Waals surface area contributed by atoms with E-state index in [4.69, 9.17) is 19.7 Å². The van der Waals surface area contributed by atoms with Crippen LogP contribution in [0, 0.1) is 0 Å². The molecule has 5 aromatic rings. The monoisotopic (exact) mass is 539 g/mol. The van der Waals surface area contributed by atoms with Gasteiger partial charge in [0.05, 0.1) is 53.4 Å². The number of pyridine rings is 1. The zero-order valence-electron chi connectivity index (χ0n) is 21.2. The molecular weight excluding hydrogens is 514 g/mol. The van der Waals surface area contributed by atoms with E-state index in [1.54, 1.807) is 6.07 Å². The van der Waals surface area contributed by atoms with Crippen molar-refractivity contribution < 1.29 is 13.2 Å². The number of aromatic nitrogens is 4. The fraction of sp³-hybridized carbons (Fsp3) is 0.179. The molecule has 11 heteroatoms. The van der Waals surface area contributed by atoms with E-state index in [-0.39, 0.29) is 0 Å². The van der Waals surface area contributed by atoms with Crippen molar-refractivity contribution in [2.45, 2.75) is 0 Å². The number of hydrogen-bond acceptors (Lipinski definition) is 7. The van der Waals surface area contributed by atoms with Crippen molar-refractivity contribution in [1.29, 1.82) is 0 Å². The highest BCUT2D eigenvalue weighted by Crippen LogP contribution is 2.38. The molecule has 0 aliphatic carbocycles. The average molecular weight is 540 g/mol. The van der Waals surface area contributed by atoms with Gasteiger partial charge < -0.3 is 9.64 Å². The molecule has 3 aromatic heterocycles. The van der Waals surface area contributed by atoms with E-state index in [1.165, 1.54) is 11.4 Å². The van der Waals surface area contributed by atoms with Gasteiger partial charge in [0, 0.05) is 37.3 Å². The summed E-state index contributed by atoms with van der Waals surface area (Å²) in [5.41, 5.74) is 6.03. The van der Waals surface area contributed by atoms with E-state index >= 15 is 0 Å². The van der Waals surface area contributed by atoms with E-state index in [9.17, 15) is 8.42 Å².